The van der Waals surface area contributed by atoms with Gasteiger partial charge in [-0.2, -0.15) is 5.26 Å². The van der Waals surface area contributed by atoms with E-state index in [1.807, 2.05) is 26.0 Å². The molecule has 2 rings (SSSR count). The van der Waals surface area contributed by atoms with Gasteiger partial charge >= 0.3 is 0 Å². The van der Waals surface area contributed by atoms with Crippen molar-refractivity contribution in [1.29, 1.82) is 5.26 Å². The van der Waals surface area contributed by atoms with Crippen LogP contribution in [0.4, 0.5) is 5.69 Å². The summed E-state index contributed by atoms with van der Waals surface area (Å²) in [4.78, 5) is 0. The van der Waals surface area contributed by atoms with Gasteiger partial charge in [-0.25, -0.2) is 0 Å². The van der Waals surface area contributed by atoms with E-state index in [2.05, 4.69) is 30.4 Å². The number of hydrogen-bond acceptors (Lipinski definition) is 2. The lowest BCUT2D eigenvalue weighted by molar-refractivity contribution is 0.309. The monoisotopic (exact) mass is 228 g/mol. The van der Waals surface area contributed by atoms with Crippen LogP contribution >= 0.6 is 0 Å². The normalized spacial score (nSPS) is 23.6. The molecule has 0 unspecified atom stereocenters. The summed E-state index contributed by atoms with van der Waals surface area (Å²) in [6, 6.07) is 11.2. The first-order valence-electron chi connectivity index (χ1n) is 6.29. The average molecular weight is 228 g/mol. The number of rotatable bonds is 3. The molecule has 0 saturated heterocycles. The minimum absolute atomic E-state index is 0.399. The van der Waals surface area contributed by atoms with Gasteiger partial charge in [0.25, 0.3) is 0 Å². The lowest BCUT2D eigenvalue weighted by atomic mass is 9.81. The Bertz CT molecular complexity index is 419. The van der Waals surface area contributed by atoms with E-state index in [1.54, 1.807) is 0 Å². The van der Waals surface area contributed by atoms with Crippen LogP contribution in [0.3, 0.4) is 0 Å². The van der Waals surface area contributed by atoms with E-state index in [4.69, 9.17) is 5.26 Å². The van der Waals surface area contributed by atoms with Crippen LogP contribution in [0.15, 0.2) is 24.3 Å². The maximum atomic E-state index is 9.07. The maximum Gasteiger partial charge on any atom is 0.0766 e. The molecule has 2 nitrogen and oxygen atoms in total. The first-order valence-corrected chi connectivity index (χ1v) is 6.29. The van der Waals surface area contributed by atoms with Gasteiger partial charge in [-0.1, -0.05) is 19.1 Å². The van der Waals surface area contributed by atoms with Gasteiger partial charge in [0.2, 0.25) is 0 Å². The standard InChI is InChI=1S/C15H20N2/c1-11-8-14(9-11)17-13-6-4-12(5-7-13)15(2,3)10-16/h4-7,11,14,17H,8-9H2,1-3H3. The molecule has 1 aromatic rings. The topological polar surface area (TPSA) is 35.8 Å². The van der Waals surface area contributed by atoms with E-state index in [9.17, 15) is 0 Å². The van der Waals surface area contributed by atoms with Crippen LogP contribution in [0.25, 0.3) is 0 Å². The van der Waals surface area contributed by atoms with Crippen LogP contribution in [0.1, 0.15) is 39.2 Å². The fourth-order valence-electron chi connectivity index (χ4n) is 2.30. The third-order valence-corrected chi connectivity index (χ3v) is 3.63. The van der Waals surface area contributed by atoms with E-state index in [-0.39, 0.29) is 0 Å². The van der Waals surface area contributed by atoms with Crippen LogP contribution in [0, 0.1) is 17.2 Å². The zero-order chi connectivity index (χ0) is 12.5. The van der Waals surface area contributed by atoms with Crippen molar-refractivity contribution in [2.45, 2.75) is 45.1 Å². The number of hydrogen-bond donors (Lipinski definition) is 1. The van der Waals surface area contributed by atoms with E-state index >= 15 is 0 Å². The minimum Gasteiger partial charge on any atom is -0.382 e. The molecule has 0 bridgehead atoms. The third kappa shape index (κ3) is 2.61. The zero-order valence-electron chi connectivity index (χ0n) is 10.8. The Labute approximate surface area is 104 Å². The Morgan fingerprint density at radius 1 is 1.24 bits per heavy atom. The number of nitrogens with one attached hydrogen (secondary N) is 1. The highest BCUT2D eigenvalue weighted by atomic mass is 14.9. The van der Waals surface area contributed by atoms with Crippen LogP contribution in [-0.4, -0.2) is 6.04 Å². The Kier molecular flexibility index (Phi) is 3.11. The van der Waals surface area contributed by atoms with E-state index in [1.165, 1.54) is 18.5 Å². The first kappa shape index (κ1) is 12.0. The number of nitrogens with zero attached hydrogens (tertiary/aromatic N) is 1. The minimum atomic E-state index is -0.399. The zero-order valence-corrected chi connectivity index (χ0v) is 10.8. The van der Waals surface area contributed by atoms with Crippen LogP contribution in [0.2, 0.25) is 0 Å². The van der Waals surface area contributed by atoms with Crippen LogP contribution in [0.5, 0.6) is 0 Å². The Morgan fingerprint density at radius 3 is 2.29 bits per heavy atom. The van der Waals surface area contributed by atoms with Crippen LogP contribution < -0.4 is 5.32 Å². The molecule has 0 heterocycles. The Balaban J connectivity index is 2.01. The molecule has 1 aliphatic rings. The summed E-state index contributed by atoms with van der Waals surface area (Å²) in [6.45, 7) is 6.18. The van der Waals surface area contributed by atoms with Gasteiger partial charge in [-0.05, 0) is 50.3 Å². The fourth-order valence-corrected chi connectivity index (χ4v) is 2.30. The van der Waals surface area contributed by atoms with Gasteiger partial charge in [-0.15, -0.1) is 0 Å². The molecule has 2 heteroatoms. The van der Waals surface area contributed by atoms with E-state index in [0.717, 1.165) is 11.5 Å². The summed E-state index contributed by atoms with van der Waals surface area (Å²) < 4.78 is 0. The van der Waals surface area contributed by atoms with Gasteiger partial charge in [0, 0.05) is 11.7 Å². The smallest absolute Gasteiger partial charge is 0.0766 e. The van der Waals surface area contributed by atoms with Crippen molar-refractivity contribution in [2.24, 2.45) is 5.92 Å². The summed E-state index contributed by atoms with van der Waals surface area (Å²) in [5.74, 6) is 0.865. The van der Waals surface area contributed by atoms with Crippen molar-refractivity contribution in [3.8, 4) is 6.07 Å². The van der Waals surface area contributed by atoms with Crippen molar-refractivity contribution in [3.63, 3.8) is 0 Å². The van der Waals surface area contributed by atoms with Crippen molar-refractivity contribution in [2.75, 3.05) is 5.32 Å². The second-order valence-electron chi connectivity index (χ2n) is 5.73. The third-order valence-electron chi connectivity index (χ3n) is 3.63. The lowest BCUT2D eigenvalue weighted by Crippen LogP contribution is -2.33. The van der Waals surface area contributed by atoms with E-state index in [0.29, 0.717) is 6.04 Å². The predicted molar refractivity (Wildman–Crippen MR) is 70.9 cm³/mol. The predicted octanol–water partition coefficient (Wildman–Crippen LogP) is 3.70. The van der Waals surface area contributed by atoms with Gasteiger partial charge in [0.05, 0.1) is 11.5 Å². The van der Waals surface area contributed by atoms with Crippen molar-refractivity contribution < 1.29 is 0 Å². The summed E-state index contributed by atoms with van der Waals surface area (Å²) in [7, 11) is 0. The lowest BCUT2D eigenvalue weighted by Gasteiger charge is -2.34. The largest absolute Gasteiger partial charge is 0.382 e. The molecule has 0 spiro atoms. The second kappa shape index (κ2) is 4.41. The summed E-state index contributed by atoms with van der Waals surface area (Å²) in [5.41, 5.74) is 1.84. The molecule has 0 radical (unpaired) electrons. The summed E-state index contributed by atoms with van der Waals surface area (Å²) >= 11 is 0. The maximum absolute atomic E-state index is 9.07. The van der Waals surface area contributed by atoms with Gasteiger partial charge in [0.1, 0.15) is 0 Å². The number of benzene rings is 1. The number of nitriles is 1. The Morgan fingerprint density at radius 2 is 1.82 bits per heavy atom. The SMILES string of the molecule is CC1CC(Nc2ccc(C(C)(C)C#N)cc2)C1. The molecule has 0 aliphatic heterocycles. The van der Waals surface area contributed by atoms with Gasteiger partial charge < -0.3 is 5.32 Å². The molecule has 1 fully saturated rings. The fraction of sp³-hybridized carbons (Fsp3) is 0.533. The highest BCUT2D eigenvalue weighted by Gasteiger charge is 2.25. The molecule has 17 heavy (non-hydrogen) atoms. The van der Waals surface area contributed by atoms with Gasteiger partial charge in [-0.3, -0.25) is 0 Å². The molecule has 0 aromatic heterocycles. The van der Waals surface area contributed by atoms with Crippen molar-refractivity contribution in [3.05, 3.63) is 29.8 Å². The van der Waals surface area contributed by atoms with Crippen LogP contribution in [-0.2, 0) is 5.41 Å². The van der Waals surface area contributed by atoms with E-state index < -0.39 is 5.41 Å². The highest BCUT2D eigenvalue weighted by Crippen LogP contribution is 2.30. The van der Waals surface area contributed by atoms with Crippen molar-refractivity contribution >= 4 is 5.69 Å². The molecule has 1 saturated carbocycles. The Hall–Kier alpha value is -1.49. The molecule has 0 amide bonds. The molecule has 90 valence electrons. The van der Waals surface area contributed by atoms with Crippen molar-refractivity contribution in [1.82, 2.24) is 0 Å². The quantitative estimate of drug-likeness (QED) is 0.856. The molecular formula is C15H20N2. The highest BCUT2D eigenvalue weighted by molar-refractivity contribution is 5.48. The number of anilines is 1. The van der Waals surface area contributed by atoms with Gasteiger partial charge in [0.15, 0.2) is 0 Å². The summed E-state index contributed by atoms with van der Waals surface area (Å²) in [5, 5.41) is 12.6. The summed E-state index contributed by atoms with van der Waals surface area (Å²) in [6.07, 6.45) is 2.54. The molecular weight excluding hydrogens is 208 g/mol. The second-order valence-corrected chi connectivity index (χ2v) is 5.73. The molecule has 0 atom stereocenters. The molecule has 1 aromatic carbocycles. The average Bonchev–Trinajstić information content (AvgIpc) is 2.28. The first-order chi connectivity index (χ1) is 8.01. The molecule has 1 aliphatic carbocycles. The molecule has 1 N–H and O–H groups in total.